The van der Waals surface area contributed by atoms with Crippen LogP contribution in [0.3, 0.4) is 0 Å². The van der Waals surface area contributed by atoms with Crippen molar-refractivity contribution in [2.75, 3.05) is 38.3 Å². The lowest BCUT2D eigenvalue weighted by molar-refractivity contribution is 0.0682. The van der Waals surface area contributed by atoms with Crippen LogP contribution in [-0.4, -0.2) is 48.1 Å². The van der Waals surface area contributed by atoms with Crippen molar-refractivity contribution in [1.82, 2.24) is 14.9 Å². The van der Waals surface area contributed by atoms with Crippen molar-refractivity contribution in [2.24, 2.45) is 0 Å². The van der Waals surface area contributed by atoms with Crippen LogP contribution in [0.2, 0.25) is 0 Å². The molecule has 2 aromatic rings. The zero-order chi connectivity index (χ0) is 15.0. The van der Waals surface area contributed by atoms with Crippen molar-refractivity contribution in [3.05, 3.63) is 24.5 Å². The van der Waals surface area contributed by atoms with Crippen molar-refractivity contribution in [3.8, 4) is 0 Å². The average molecular weight is 285 g/mol. The van der Waals surface area contributed by atoms with Gasteiger partial charge in [0, 0.05) is 30.2 Å². The Morgan fingerprint density at radius 3 is 2.57 bits per heavy atom. The number of hydrogen-bond donors (Lipinski definition) is 1. The molecule has 0 radical (unpaired) electrons. The van der Waals surface area contributed by atoms with Crippen LogP contribution in [0.15, 0.2) is 24.5 Å². The SMILES string of the molecule is CN(CC1(N(C)C)CCC1)c1ncnc2ccc(N)cc12. The van der Waals surface area contributed by atoms with E-state index in [1.54, 1.807) is 6.33 Å². The minimum absolute atomic E-state index is 0.270. The monoisotopic (exact) mass is 285 g/mol. The predicted octanol–water partition coefficient (Wildman–Crippen LogP) is 2.13. The summed E-state index contributed by atoms with van der Waals surface area (Å²) in [5.41, 5.74) is 7.88. The fourth-order valence-electron chi connectivity index (χ4n) is 3.21. The van der Waals surface area contributed by atoms with E-state index in [0.717, 1.165) is 29.0 Å². The van der Waals surface area contributed by atoms with Crippen molar-refractivity contribution < 1.29 is 0 Å². The summed E-state index contributed by atoms with van der Waals surface area (Å²) in [6.45, 7) is 0.973. The molecule has 0 atom stereocenters. The second-order valence-electron chi connectivity index (χ2n) is 6.30. The zero-order valence-corrected chi connectivity index (χ0v) is 13.0. The van der Waals surface area contributed by atoms with Gasteiger partial charge >= 0.3 is 0 Å². The zero-order valence-electron chi connectivity index (χ0n) is 13.0. The second kappa shape index (κ2) is 5.15. The predicted molar refractivity (Wildman–Crippen MR) is 87.5 cm³/mol. The van der Waals surface area contributed by atoms with E-state index in [4.69, 9.17) is 5.73 Å². The molecule has 1 saturated carbocycles. The standard InChI is InChI=1S/C16H23N5/c1-20(2)16(7-4-8-16)10-21(3)15-13-9-12(17)5-6-14(13)18-11-19-15/h5-6,9,11H,4,7-8,10,17H2,1-3H3. The molecule has 1 fully saturated rings. The van der Waals surface area contributed by atoms with Gasteiger partial charge in [-0.25, -0.2) is 9.97 Å². The van der Waals surface area contributed by atoms with E-state index in [-0.39, 0.29) is 5.54 Å². The molecule has 0 spiro atoms. The van der Waals surface area contributed by atoms with Crippen LogP contribution in [0.25, 0.3) is 10.9 Å². The number of hydrogen-bond acceptors (Lipinski definition) is 5. The molecule has 0 amide bonds. The van der Waals surface area contributed by atoms with E-state index in [0.29, 0.717) is 0 Å². The van der Waals surface area contributed by atoms with Crippen LogP contribution in [-0.2, 0) is 0 Å². The molecule has 112 valence electrons. The van der Waals surface area contributed by atoms with E-state index in [1.807, 2.05) is 18.2 Å². The molecule has 0 unspecified atom stereocenters. The van der Waals surface area contributed by atoms with Gasteiger partial charge in [0.05, 0.1) is 5.52 Å². The summed E-state index contributed by atoms with van der Waals surface area (Å²) in [7, 11) is 6.45. The van der Waals surface area contributed by atoms with Gasteiger partial charge in [-0.05, 0) is 51.6 Å². The minimum Gasteiger partial charge on any atom is -0.399 e. The first-order valence-electron chi connectivity index (χ1n) is 7.41. The highest BCUT2D eigenvalue weighted by Crippen LogP contribution is 2.38. The number of nitrogens with two attached hydrogens (primary N) is 1. The van der Waals surface area contributed by atoms with Crippen LogP contribution in [0, 0.1) is 0 Å². The summed E-state index contributed by atoms with van der Waals surface area (Å²) in [6, 6.07) is 5.80. The summed E-state index contributed by atoms with van der Waals surface area (Å²) in [5, 5.41) is 1.02. The Balaban J connectivity index is 1.94. The van der Waals surface area contributed by atoms with Gasteiger partial charge in [-0.3, -0.25) is 0 Å². The maximum atomic E-state index is 5.92. The molecule has 3 rings (SSSR count). The highest BCUT2D eigenvalue weighted by atomic mass is 15.3. The van der Waals surface area contributed by atoms with Crippen molar-refractivity contribution in [2.45, 2.75) is 24.8 Å². The summed E-state index contributed by atoms with van der Waals surface area (Å²) in [6.07, 6.45) is 5.43. The third-order valence-corrected chi connectivity index (χ3v) is 4.76. The molecule has 1 aliphatic rings. The van der Waals surface area contributed by atoms with Gasteiger partial charge in [0.15, 0.2) is 0 Å². The molecule has 5 nitrogen and oxygen atoms in total. The first-order chi connectivity index (χ1) is 10.0. The number of benzene rings is 1. The number of likely N-dealkylation sites (N-methyl/N-ethyl adjacent to an activating group) is 2. The first-order valence-corrected chi connectivity index (χ1v) is 7.41. The number of aromatic nitrogens is 2. The molecule has 1 aliphatic carbocycles. The minimum atomic E-state index is 0.270. The van der Waals surface area contributed by atoms with Crippen molar-refractivity contribution in [3.63, 3.8) is 0 Å². The maximum Gasteiger partial charge on any atom is 0.139 e. The fraction of sp³-hybridized carbons (Fsp3) is 0.500. The molecular formula is C16H23N5. The van der Waals surface area contributed by atoms with E-state index < -0.39 is 0 Å². The quantitative estimate of drug-likeness (QED) is 0.872. The lowest BCUT2D eigenvalue weighted by Crippen LogP contribution is -2.56. The third kappa shape index (κ3) is 2.42. The number of fused-ring (bicyclic) bond motifs is 1. The lowest BCUT2D eigenvalue weighted by Gasteiger charge is -2.49. The van der Waals surface area contributed by atoms with E-state index in [1.165, 1.54) is 19.3 Å². The normalized spacial score (nSPS) is 17.0. The van der Waals surface area contributed by atoms with E-state index in [9.17, 15) is 0 Å². The average Bonchev–Trinajstić information content (AvgIpc) is 2.41. The number of rotatable bonds is 4. The number of anilines is 2. The van der Waals surface area contributed by atoms with Gasteiger partial charge in [0.25, 0.3) is 0 Å². The van der Waals surface area contributed by atoms with Gasteiger partial charge in [-0.15, -0.1) is 0 Å². The highest BCUT2D eigenvalue weighted by Gasteiger charge is 2.40. The molecule has 1 aromatic carbocycles. The van der Waals surface area contributed by atoms with Gasteiger partial charge in [0.1, 0.15) is 12.1 Å². The molecule has 21 heavy (non-hydrogen) atoms. The smallest absolute Gasteiger partial charge is 0.139 e. The van der Waals surface area contributed by atoms with Crippen molar-refractivity contribution >= 4 is 22.4 Å². The van der Waals surface area contributed by atoms with Crippen LogP contribution in [0.5, 0.6) is 0 Å². The van der Waals surface area contributed by atoms with Crippen LogP contribution in [0.1, 0.15) is 19.3 Å². The van der Waals surface area contributed by atoms with Gasteiger partial charge < -0.3 is 15.5 Å². The summed E-state index contributed by atoms with van der Waals surface area (Å²) in [5.74, 6) is 0.959. The topological polar surface area (TPSA) is 58.3 Å². The summed E-state index contributed by atoms with van der Waals surface area (Å²) >= 11 is 0. The highest BCUT2D eigenvalue weighted by molar-refractivity contribution is 5.91. The number of nitrogen functional groups attached to an aromatic ring is 1. The Labute approximate surface area is 125 Å². The third-order valence-electron chi connectivity index (χ3n) is 4.76. The Bertz CT molecular complexity index is 648. The largest absolute Gasteiger partial charge is 0.399 e. The van der Waals surface area contributed by atoms with E-state index in [2.05, 4.69) is 40.9 Å². The molecule has 1 aromatic heterocycles. The Kier molecular flexibility index (Phi) is 3.45. The first kappa shape index (κ1) is 14.1. The van der Waals surface area contributed by atoms with Crippen LogP contribution < -0.4 is 10.6 Å². The molecule has 2 N–H and O–H groups in total. The van der Waals surface area contributed by atoms with Crippen molar-refractivity contribution in [1.29, 1.82) is 0 Å². The summed E-state index contributed by atoms with van der Waals surface area (Å²) < 4.78 is 0. The Morgan fingerprint density at radius 1 is 1.19 bits per heavy atom. The van der Waals surface area contributed by atoms with Gasteiger partial charge in [0.2, 0.25) is 0 Å². The fourth-order valence-corrected chi connectivity index (χ4v) is 3.21. The van der Waals surface area contributed by atoms with E-state index >= 15 is 0 Å². The maximum absolute atomic E-state index is 5.92. The Hall–Kier alpha value is -1.88. The summed E-state index contributed by atoms with van der Waals surface area (Å²) in [4.78, 5) is 13.4. The molecular weight excluding hydrogens is 262 g/mol. The number of nitrogens with zero attached hydrogens (tertiary/aromatic N) is 4. The van der Waals surface area contributed by atoms with Crippen LogP contribution >= 0.6 is 0 Å². The van der Waals surface area contributed by atoms with Gasteiger partial charge in [-0.2, -0.15) is 0 Å². The molecule has 1 heterocycles. The second-order valence-corrected chi connectivity index (χ2v) is 6.30. The molecule has 0 saturated heterocycles. The molecule has 0 bridgehead atoms. The lowest BCUT2D eigenvalue weighted by atomic mass is 9.75. The van der Waals surface area contributed by atoms with Gasteiger partial charge in [-0.1, -0.05) is 0 Å². The van der Waals surface area contributed by atoms with Crippen LogP contribution in [0.4, 0.5) is 11.5 Å². The Morgan fingerprint density at radius 2 is 1.95 bits per heavy atom. The molecule has 5 heteroatoms. The molecule has 0 aliphatic heterocycles.